The molecule has 0 rings (SSSR count). The van der Waals surface area contributed by atoms with Gasteiger partial charge in [-0.15, -0.1) is 0 Å². The average molecular weight is 159 g/mol. The van der Waals surface area contributed by atoms with E-state index in [0.29, 0.717) is 0 Å². The quantitative estimate of drug-likeness (QED) is 0.417. The number of hydrogen-bond acceptors (Lipinski definition) is 2. The summed E-state index contributed by atoms with van der Waals surface area (Å²) < 4.78 is 14.9. The van der Waals surface area contributed by atoms with Crippen LogP contribution in [-0.2, 0) is 9.20 Å². The molecule has 59 valence electrons. The van der Waals surface area contributed by atoms with Gasteiger partial charge in [-0.05, 0) is 18.9 Å². The Hall–Kier alpha value is -0.0231. The zero-order chi connectivity index (χ0) is 7.66. The van der Waals surface area contributed by atoms with Crippen molar-refractivity contribution in [2.45, 2.75) is 31.7 Å². The van der Waals surface area contributed by atoms with E-state index in [1.54, 1.807) is 7.11 Å². The van der Waals surface area contributed by atoms with Crippen molar-refractivity contribution in [3.05, 3.63) is 0 Å². The molecular formula is C7H15O2Si. The van der Waals surface area contributed by atoms with Crippen LogP contribution in [0.25, 0.3) is 0 Å². The third kappa shape index (κ3) is 7.98. The van der Waals surface area contributed by atoms with Crippen molar-refractivity contribution < 1.29 is 9.20 Å². The minimum atomic E-state index is -0.111. The molecule has 0 saturated heterocycles. The van der Waals surface area contributed by atoms with Crippen LogP contribution < -0.4 is 0 Å². The highest BCUT2D eigenvalue weighted by atomic mass is 28.2. The Morgan fingerprint density at radius 3 is 2.50 bits per heavy atom. The van der Waals surface area contributed by atoms with E-state index in [1.807, 2.05) is 0 Å². The van der Waals surface area contributed by atoms with Gasteiger partial charge in [0.2, 0.25) is 0 Å². The molecule has 0 atom stereocenters. The van der Waals surface area contributed by atoms with Gasteiger partial charge in [-0.3, -0.25) is 0 Å². The van der Waals surface area contributed by atoms with Crippen LogP contribution in [-0.4, -0.2) is 23.1 Å². The third-order valence-corrected chi connectivity index (χ3v) is 1.93. The maximum Gasteiger partial charge on any atom is 0.325 e. The Labute approximate surface area is 64.8 Å². The normalized spacial score (nSPS) is 9.70. The summed E-state index contributed by atoms with van der Waals surface area (Å²) in [5, 5.41) is 0. The molecular weight excluding hydrogens is 144 g/mol. The van der Waals surface area contributed by atoms with Crippen LogP contribution in [0.3, 0.4) is 0 Å². The molecule has 0 bridgehead atoms. The van der Waals surface area contributed by atoms with Gasteiger partial charge >= 0.3 is 9.41 Å². The fourth-order valence-electron chi connectivity index (χ4n) is 0.797. The SMILES string of the molecule is COCCCCCC[Si]=O. The fraction of sp³-hybridized carbons (Fsp3) is 1.00. The summed E-state index contributed by atoms with van der Waals surface area (Å²) >= 11 is 0. The largest absolute Gasteiger partial charge is 0.385 e. The van der Waals surface area contributed by atoms with Crippen LogP contribution >= 0.6 is 0 Å². The molecule has 0 aromatic heterocycles. The van der Waals surface area contributed by atoms with Crippen LogP contribution in [0.5, 0.6) is 0 Å². The molecule has 0 saturated carbocycles. The predicted molar refractivity (Wildman–Crippen MR) is 41.6 cm³/mol. The molecule has 0 aromatic carbocycles. The molecule has 0 fully saturated rings. The molecule has 0 aliphatic carbocycles. The maximum absolute atomic E-state index is 10.0. The number of hydrogen-bond donors (Lipinski definition) is 0. The van der Waals surface area contributed by atoms with Crippen molar-refractivity contribution in [1.82, 2.24) is 0 Å². The Morgan fingerprint density at radius 2 is 1.90 bits per heavy atom. The van der Waals surface area contributed by atoms with E-state index in [2.05, 4.69) is 0 Å². The fourth-order valence-corrected chi connectivity index (χ4v) is 1.19. The summed E-state index contributed by atoms with van der Waals surface area (Å²) in [6.07, 6.45) is 4.64. The number of rotatable bonds is 7. The molecule has 0 N–H and O–H groups in total. The van der Waals surface area contributed by atoms with Crippen LogP contribution in [0.2, 0.25) is 6.04 Å². The molecule has 10 heavy (non-hydrogen) atoms. The lowest BCUT2D eigenvalue weighted by molar-refractivity contribution is 0.192. The summed E-state index contributed by atoms with van der Waals surface area (Å²) in [4.78, 5) is 0. The van der Waals surface area contributed by atoms with E-state index < -0.39 is 0 Å². The maximum atomic E-state index is 10.0. The lowest BCUT2D eigenvalue weighted by Gasteiger charge is -1.96. The second-order valence-corrected chi connectivity index (χ2v) is 3.09. The minimum Gasteiger partial charge on any atom is -0.385 e. The van der Waals surface area contributed by atoms with Gasteiger partial charge < -0.3 is 9.20 Å². The van der Waals surface area contributed by atoms with Gasteiger partial charge in [0.15, 0.2) is 0 Å². The van der Waals surface area contributed by atoms with E-state index in [0.717, 1.165) is 25.5 Å². The van der Waals surface area contributed by atoms with E-state index in [4.69, 9.17) is 4.74 Å². The highest BCUT2D eigenvalue weighted by Crippen LogP contribution is 2.01. The topological polar surface area (TPSA) is 26.3 Å². The Balaban J connectivity index is 2.70. The second kappa shape index (κ2) is 8.98. The third-order valence-electron chi connectivity index (χ3n) is 1.38. The first-order valence-electron chi connectivity index (χ1n) is 3.75. The van der Waals surface area contributed by atoms with E-state index in [1.165, 1.54) is 12.8 Å². The van der Waals surface area contributed by atoms with Gasteiger partial charge in [0.25, 0.3) is 0 Å². The lowest BCUT2D eigenvalue weighted by Crippen LogP contribution is -1.88. The minimum absolute atomic E-state index is 0.111. The van der Waals surface area contributed by atoms with Crippen molar-refractivity contribution in [2.75, 3.05) is 13.7 Å². The Morgan fingerprint density at radius 1 is 1.20 bits per heavy atom. The first-order valence-corrected chi connectivity index (χ1v) is 4.87. The number of ether oxygens (including phenoxy) is 1. The van der Waals surface area contributed by atoms with Gasteiger partial charge in [-0.1, -0.05) is 12.8 Å². The van der Waals surface area contributed by atoms with Crippen LogP contribution in [0.4, 0.5) is 0 Å². The molecule has 1 radical (unpaired) electrons. The van der Waals surface area contributed by atoms with E-state index in [9.17, 15) is 4.46 Å². The smallest absolute Gasteiger partial charge is 0.325 e. The van der Waals surface area contributed by atoms with Crippen LogP contribution in [0, 0.1) is 0 Å². The van der Waals surface area contributed by atoms with Gasteiger partial charge in [0, 0.05) is 13.7 Å². The van der Waals surface area contributed by atoms with E-state index in [-0.39, 0.29) is 9.41 Å². The summed E-state index contributed by atoms with van der Waals surface area (Å²) in [5.41, 5.74) is 0. The summed E-state index contributed by atoms with van der Waals surface area (Å²) in [6, 6.07) is 0.868. The molecule has 0 aromatic rings. The molecule has 0 unspecified atom stereocenters. The van der Waals surface area contributed by atoms with E-state index >= 15 is 0 Å². The molecule has 0 aliphatic rings. The average Bonchev–Trinajstić information content (AvgIpc) is 1.97. The second-order valence-electron chi connectivity index (χ2n) is 2.30. The predicted octanol–water partition coefficient (Wildman–Crippen LogP) is 1.66. The summed E-state index contributed by atoms with van der Waals surface area (Å²) in [6.45, 7) is 0.861. The highest BCUT2D eigenvalue weighted by molar-refractivity contribution is 6.16. The number of unbranched alkanes of at least 4 members (excludes halogenated alkanes) is 3. The van der Waals surface area contributed by atoms with Crippen LogP contribution in [0.1, 0.15) is 25.7 Å². The number of methoxy groups -OCH3 is 1. The zero-order valence-electron chi connectivity index (χ0n) is 6.56. The summed E-state index contributed by atoms with van der Waals surface area (Å²) in [7, 11) is 1.61. The first kappa shape index (κ1) is 9.98. The lowest BCUT2D eigenvalue weighted by atomic mass is 10.2. The monoisotopic (exact) mass is 159 g/mol. The molecule has 2 nitrogen and oxygen atoms in total. The zero-order valence-corrected chi connectivity index (χ0v) is 7.56. The van der Waals surface area contributed by atoms with Gasteiger partial charge in [-0.2, -0.15) is 0 Å². The molecule has 0 spiro atoms. The first-order chi connectivity index (χ1) is 4.91. The van der Waals surface area contributed by atoms with Gasteiger partial charge in [0.05, 0.1) is 0 Å². The Kier molecular flexibility index (Phi) is 8.96. The molecule has 0 aliphatic heterocycles. The van der Waals surface area contributed by atoms with Gasteiger partial charge in [0.1, 0.15) is 0 Å². The van der Waals surface area contributed by atoms with Gasteiger partial charge in [-0.25, -0.2) is 0 Å². The van der Waals surface area contributed by atoms with Crippen LogP contribution in [0.15, 0.2) is 0 Å². The van der Waals surface area contributed by atoms with Crippen molar-refractivity contribution in [2.24, 2.45) is 0 Å². The van der Waals surface area contributed by atoms with Crippen molar-refractivity contribution >= 4 is 9.41 Å². The summed E-state index contributed by atoms with van der Waals surface area (Å²) in [5.74, 6) is 0. The molecule has 0 amide bonds. The van der Waals surface area contributed by atoms with Crippen molar-refractivity contribution in [3.8, 4) is 0 Å². The standard InChI is InChI=1S/C7H15O2Si/c1-9-6-4-2-3-5-7-10-8/h2-7H2,1H3. The Bertz CT molecular complexity index is 76.0. The highest BCUT2D eigenvalue weighted by Gasteiger charge is 1.88. The van der Waals surface area contributed by atoms with Crippen molar-refractivity contribution in [3.63, 3.8) is 0 Å². The molecule has 3 heteroatoms. The van der Waals surface area contributed by atoms with Crippen molar-refractivity contribution in [1.29, 1.82) is 0 Å². The molecule has 0 heterocycles.